The Balaban J connectivity index is 2.08. The van der Waals surface area contributed by atoms with Crippen molar-refractivity contribution in [2.24, 2.45) is 5.10 Å². The number of nitro benzene ring substituents is 1. The first-order valence-corrected chi connectivity index (χ1v) is 6.75. The van der Waals surface area contributed by atoms with Gasteiger partial charge in [-0.25, -0.2) is 5.43 Å². The monoisotopic (exact) mass is 313 g/mol. The molecule has 0 saturated heterocycles. The summed E-state index contributed by atoms with van der Waals surface area (Å²) in [6.45, 7) is 1.70. The zero-order chi connectivity index (χ0) is 16.8. The summed E-state index contributed by atoms with van der Waals surface area (Å²) in [6.07, 6.45) is 0. The first-order chi connectivity index (χ1) is 11.0. The third-order valence-corrected chi connectivity index (χ3v) is 3.15. The van der Waals surface area contributed by atoms with Crippen LogP contribution >= 0.6 is 0 Å². The van der Waals surface area contributed by atoms with Crippen LogP contribution in [0.1, 0.15) is 22.8 Å². The number of carbonyl (C=O) groups excluding carboxylic acids is 1. The van der Waals surface area contributed by atoms with Crippen LogP contribution < -0.4 is 10.2 Å². The van der Waals surface area contributed by atoms with Gasteiger partial charge in [-0.2, -0.15) is 5.10 Å². The highest BCUT2D eigenvalue weighted by Gasteiger charge is 2.08. The molecule has 23 heavy (non-hydrogen) atoms. The van der Waals surface area contributed by atoms with Crippen molar-refractivity contribution in [1.82, 2.24) is 5.43 Å². The highest BCUT2D eigenvalue weighted by Crippen LogP contribution is 2.13. The quantitative estimate of drug-likeness (QED) is 0.521. The summed E-state index contributed by atoms with van der Waals surface area (Å²) in [7, 11) is 1.52. The fraction of sp³-hybridized carbons (Fsp3) is 0.125. The lowest BCUT2D eigenvalue weighted by Gasteiger charge is -2.05. The number of carbonyl (C=O) groups is 1. The number of hydrazone groups is 1. The van der Waals surface area contributed by atoms with Gasteiger partial charge < -0.3 is 4.74 Å². The smallest absolute Gasteiger partial charge is 0.271 e. The van der Waals surface area contributed by atoms with Gasteiger partial charge in [0.25, 0.3) is 11.6 Å². The van der Waals surface area contributed by atoms with Crippen molar-refractivity contribution in [3.63, 3.8) is 0 Å². The van der Waals surface area contributed by atoms with Crippen molar-refractivity contribution in [1.29, 1.82) is 0 Å². The lowest BCUT2D eigenvalue weighted by Crippen LogP contribution is -2.19. The van der Waals surface area contributed by atoms with E-state index in [1.165, 1.54) is 19.2 Å². The van der Waals surface area contributed by atoms with Crippen LogP contribution in [0, 0.1) is 10.1 Å². The van der Waals surface area contributed by atoms with Gasteiger partial charge in [0.05, 0.1) is 17.7 Å². The van der Waals surface area contributed by atoms with Crippen LogP contribution in [-0.2, 0) is 0 Å². The minimum absolute atomic E-state index is 0.00182. The molecule has 118 valence electrons. The van der Waals surface area contributed by atoms with E-state index in [-0.39, 0.29) is 11.6 Å². The van der Waals surface area contributed by atoms with E-state index in [4.69, 9.17) is 4.74 Å². The molecular formula is C16H15N3O4. The van der Waals surface area contributed by atoms with E-state index in [1.807, 2.05) is 0 Å². The Bertz CT molecular complexity index is 754. The Morgan fingerprint density at radius 1 is 1.17 bits per heavy atom. The minimum Gasteiger partial charge on any atom is -0.497 e. The fourth-order valence-corrected chi connectivity index (χ4v) is 1.85. The largest absolute Gasteiger partial charge is 0.497 e. The number of nitrogens with one attached hydrogen (secondary N) is 1. The van der Waals surface area contributed by atoms with Gasteiger partial charge in [-0.1, -0.05) is 6.07 Å². The van der Waals surface area contributed by atoms with E-state index in [0.29, 0.717) is 22.6 Å². The summed E-state index contributed by atoms with van der Waals surface area (Å²) in [5, 5.41) is 14.6. The van der Waals surface area contributed by atoms with Crippen molar-refractivity contribution >= 4 is 17.3 Å². The van der Waals surface area contributed by atoms with Crippen LogP contribution in [-0.4, -0.2) is 23.7 Å². The molecule has 0 fully saturated rings. The average Bonchev–Trinajstić information content (AvgIpc) is 2.59. The van der Waals surface area contributed by atoms with Crippen molar-refractivity contribution in [2.75, 3.05) is 7.11 Å². The highest BCUT2D eigenvalue weighted by molar-refractivity contribution is 6.01. The Morgan fingerprint density at radius 2 is 1.87 bits per heavy atom. The highest BCUT2D eigenvalue weighted by atomic mass is 16.6. The number of nitrogens with zero attached hydrogens (tertiary/aromatic N) is 2. The van der Waals surface area contributed by atoms with Gasteiger partial charge >= 0.3 is 0 Å². The standard InChI is InChI=1S/C16H15N3O4/c1-11(12-6-8-14(9-7-12)19(21)22)17-18-16(20)13-4-3-5-15(10-13)23-2/h3-10H,1-2H3,(H,18,20). The maximum Gasteiger partial charge on any atom is 0.271 e. The summed E-state index contributed by atoms with van der Waals surface area (Å²) in [5.74, 6) is 0.207. The molecule has 2 aromatic rings. The second kappa shape index (κ2) is 7.17. The van der Waals surface area contributed by atoms with E-state index in [2.05, 4.69) is 10.5 Å². The van der Waals surface area contributed by atoms with Crippen LogP contribution in [0.5, 0.6) is 5.75 Å². The van der Waals surface area contributed by atoms with Crippen LogP contribution in [0.3, 0.4) is 0 Å². The second-order valence-corrected chi connectivity index (χ2v) is 4.67. The normalized spacial score (nSPS) is 11.0. The van der Waals surface area contributed by atoms with Crippen LogP contribution in [0.4, 0.5) is 5.69 Å². The van der Waals surface area contributed by atoms with Crippen molar-refractivity contribution in [3.05, 3.63) is 69.8 Å². The van der Waals surface area contributed by atoms with Crippen LogP contribution in [0.15, 0.2) is 53.6 Å². The molecule has 2 rings (SSSR count). The van der Waals surface area contributed by atoms with Gasteiger partial charge in [0, 0.05) is 17.7 Å². The Kier molecular flexibility index (Phi) is 5.03. The average molecular weight is 313 g/mol. The number of nitro groups is 1. The number of hydrogen-bond acceptors (Lipinski definition) is 5. The molecule has 0 atom stereocenters. The zero-order valence-corrected chi connectivity index (χ0v) is 12.6. The second-order valence-electron chi connectivity index (χ2n) is 4.67. The summed E-state index contributed by atoms with van der Waals surface area (Å²) in [6, 6.07) is 12.6. The molecular weight excluding hydrogens is 298 g/mol. The number of methoxy groups -OCH3 is 1. The molecule has 2 aromatic carbocycles. The number of benzene rings is 2. The van der Waals surface area contributed by atoms with Crippen molar-refractivity contribution < 1.29 is 14.5 Å². The Morgan fingerprint density at radius 3 is 2.48 bits per heavy atom. The van der Waals surface area contributed by atoms with Gasteiger partial charge in [-0.15, -0.1) is 0 Å². The van der Waals surface area contributed by atoms with E-state index in [0.717, 1.165) is 0 Å². The predicted molar refractivity (Wildman–Crippen MR) is 85.8 cm³/mol. The maximum absolute atomic E-state index is 12.0. The zero-order valence-electron chi connectivity index (χ0n) is 12.6. The van der Waals surface area contributed by atoms with Gasteiger partial charge in [0.1, 0.15) is 5.75 Å². The van der Waals surface area contributed by atoms with Crippen molar-refractivity contribution in [2.45, 2.75) is 6.92 Å². The van der Waals surface area contributed by atoms with E-state index in [1.54, 1.807) is 43.3 Å². The van der Waals surface area contributed by atoms with Gasteiger partial charge in [-0.3, -0.25) is 14.9 Å². The molecule has 0 bridgehead atoms. The summed E-state index contributed by atoms with van der Waals surface area (Å²) in [4.78, 5) is 22.2. The van der Waals surface area contributed by atoms with E-state index < -0.39 is 4.92 Å². The molecule has 0 aliphatic rings. The Hall–Kier alpha value is -3.22. The molecule has 0 spiro atoms. The molecule has 0 unspecified atom stereocenters. The molecule has 0 radical (unpaired) electrons. The summed E-state index contributed by atoms with van der Waals surface area (Å²) >= 11 is 0. The predicted octanol–water partition coefficient (Wildman–Crippen LogP) is 2.76. The first kappa shape index (κ1) is 16.2. The lowest BCUT2D eigenvalue weighted by molar-refractivity contribution is -0.384. The third-order valence-electron chi connectivity index (χ3n) is 3.15. The van der Waals surface area contributed by atoms with Gasteiger partial charge in [0.15, 0.2) is 0 Å². The number of non-ortho nitro benzene ring substituents is 1. The number of amides is 1. The van der Waals surface area contributed by atoms with Crippen molar-refractivity contribution in [3.8, 4) is 5.75 Å². The number of rotatable bonds is 5. The molecule has 7 heteroatoms. The summed E-state index contributed by atoms with van der Waals surface area (Å²) in [5.41, 5.74) is 4.09. The SMILES string of the molecule is COc1cccc(C(=O)NN=C(C)c2ccc([N+](=O)[O-])cc2)c1. The third kappa shape index (κ3) is 4.13. The van der Waals surface area contributed by atoms with Crippen LogP contribution in [0.25, 0.3) is 0 Å². The first-order valence-electron chi connectivity index (χ1n) is 6.75. The molecule has 7 nitrogen and oxygen atoms in total. The molecule has 0 heterocycles. The number of hydrogen-bond donors (Lipinski definition) is 1. The summed E-state index contributed by atoms with van der Waals surface area (Å²) < 4.78 is 5.06. The fourth-order valence-electron chi connectivity index (χ4n) is 1.85. The molecule has 0 saturated carbocycles. The molecule has 0 aliphatic carbocycles. The number of ether oxygens (including phenoxy) is 1. The Labute approximate surface area is 132 Å². The minimum atomic E-state index is -0.471. The topological polar surface area (TPSA) is 93.8 Å². The molecule has 1 N–H and O–H groups in total. The van der Waals surface area contributed by atoms with Gasteiger partial charge in [-0.05, 0) is 42.8 Å². The maximum atomic E-state index is 12.0. The van der Waals surface area contributed by atoms with E-state index in [9.17, 15) is 14.9 Å². The molecule has 0 aliphatic heterocycles. The van der Waals surface area contributed by atoms with Crippen LogP contribution in [0.2, 0.25) is 0 Å². The van der Waals surface area contributed by atoms with Gasteiger partial charge in [0.2, 0.25) is 0 Å². The molecule has 1 amide bonds. The lowest BCUT2D eigenvalue weighted by atomic mass is 10.1. The van der Waals surface area contributed by atoms with E-state index >= 15 is 0 Å². The molecule has 0 aromatic heterocycles.